The first-order chi connectivity index (χ1) is 12.6. The number of thiophene rings is 1. The number of carbonyl (C=O) groups is 2. The summed E-state index contributed by atoms with van der Waals surface area (Å²) >= 11 is 2.76. The standard InChI is InChI=1S/C16H18N4O4S2/c1-3-9-12(14(21)23-4-2)10(18-15(22)17-9)8-26-16-20-19-13(24-16)11-6-5-7-25-11/h5-7,9H,3-4,8H2,1-2H3,(H2,17,18,22)/t9-/m0/s1. The second-order valence-corrected chi connectivity index (χ2v) is 7.19. The van der Waals surface area contributed by atoms with E-state index < -0.39 is 5.97 Å². The summed E-state index contributed by atoms with van der Waals surface area (Å²) < 4.78 is 10.8. The monoisotopic (exact) mass is 394 g/mol. The van der Waals surface area contributed by atoms with E-state index in [9.17, 15) is 9.59 Å². The summed E-state index contributed by atoms with van der Waals surface area (Å²) in [6, 6.07) is 3.07. The third kappa shape index (κ3) is 4.07. The van der Waals surface area contributed by atoms with Crippen LogP contribution in [0.25, 0.3) is 10.8 Å². The van der Waals surface area contributed by atoms with Crippen LogP contribution in [0.4, 0.5) is 4.79 Å². The molecule has 0 bridgehead atoms. The van der Waals surface area contributed by atoms with E-state index in [1.54, 1.807) is 6.92 Å². The first kappa shape index (κ1) is 18.5. The van der Waals surface area contributed by atoms with Crippen molar-refractivity contribution in [2.45, 2.75) is 31.5 Å². The number of nitrogens with one attached hydrogen (secondary N) is 2. The summed E-state index contributed by atoms with van der Waals surface area (Å²) in [5.41, 5.74) is 0.930. The van der Waals surface area contributed by atoms with Crippen LogP contribution in [0.15, 0.2) is 38.4 Å². The lowest BCUT2D eigenvalue weighted by atomic mass is 10.0. The molecule has 0 saturated carbocycles. The normalized spacial score (nSPS) is 17.0. The molecule has 8 nitrogen and oxygen atoms in total. The third-order valence-corrected chi connectivity index (χ3v) is 5.33. The molecule has 0 aromatic carbocycles. The number of carbonyl (C=O) groups excluding carboxylic acids is 2. The van der Waals surface area contributed by atoms with Crippen molar-refractivity contribution in [1.29, 1.82) is 0 Å². The Balaban J connectivity index is 1.78. The highest BCUT2D eigenvalue weighted by Gasteiger charge is 2.31. The van der Waals surface area contributed by atoms with Gasteiger partial charge in [-0.2, -0.15) is 0 Å². The zero-order valence-electron chi connectivity index (χ0n) is 14.3. The molecule has 1 aliphatic heterocycles. The van der Waals surface area contributed by atoms with Gasteiger partial charge in [-0.3, -0.25) is 0 Å². The number of thioether (sulfide) groups is 1. The lowest BCUT2D eigenvalue weighted by Crippen LogP contribution is -2.50. The summed E-state index contributed by atoms with van der Waals surface area (Å²) in [6.45, 7) is 3.90. The van der Waals surface area contributed by atoms with Crippen molar-refractivity contribution in [1.82, 2.24) is 20.8 Å². The van der Waals surface area contributed by atoms with Gasteiger partial charge in [0, 0.05) is 11.4 Å². The second kappa shape index (κ2) is 8.37. The maximum absolute atomic E-state index is 12.3. The molecular formula is C16H18N4O4S2. The van der Waals surface area contributed by atoms with Crippen molar-refractivity contribution in [2.24, 2.45) is 0 Å². The van der Waals surface area contributed by atoms with Gasteiger partial charge in [0.15, 0.2) is 0 Å². The van der Waals surface area contributed by atoms with Gasteiger partial charge in [-0.25, -0.2) is 9.59 Å². The first-order valence-corrected chi connectivity index (χ1v) is 9.96. The van der Waals surface area contributed by atoms with Crippen LogP contribution >= 0.6 is 23.1 Å². The molecule has 2 aromatic rings. The molecule has 0 radical (unpaired) electrons. The number of rotatable bonds is 7. The van der Waals surface area contributed by atoms with E-state index in [4.69, 9.17) is 9.15 Å². The van der Waals surface area contributed by atoms with Crippen molar-refractivity contribution in [3.8, 4) is 10.8 Å². The Morgan fingerprint density at radius 2 is 2.27 bits per heavy atom. The largest absolute Gasteiger partial charge is 0.463 e. The zero-order chi connectivity index (χ0) is 18.5. The van der Waals surface area contributed by atoms with Crippen molar-refractivity contribution in [3.63, 3.8) is 0 Å². The highest BCUT2D eigenvalue weighted by atomic mass is 32.2. The molecule has 2 N–H and O–H groups in total. The molecule has 0 spiro atoms. The Morgan fingerprint density at radius 1 is 1.42 bits per heavy atom. The van der Waals surface area contributed by atoms with Gasteiger partial charge >= 0.3 is 12.0 Å². The minimum Gasteiger partial charge on any atom is -0.463 e. The molecule has 0 unspecified atom stereocenters. The van der Waals surface area contributed by atoms with Crippen LogP contribution in [0.1, 0.15) is 20.3 Å². The minimum absolute atomic E-state index is 0.265. The van der Waals surface area contributed by atoms with Gasteiger partial charge in [0.2, 0.25) is 0 Å². The van der Waals surface area contributed by atoms with Crippen LogP contribution in [0, 0.1) is 0 Å². The van der Waals surface area contributed by atoms with Crippen LogP contribution in [-0.4, -0.2) is 40.6 Å². The van der Waals surface area contributed by atoms with E-state index in [-0.39, 0.29) is 18.7 Å². The van der Waals surface area contributed by atoms with E-state index in [0.717, 1.165) is 4.88 Å². The zero-order valence-corrected chi connectivity index (χ0v) is 15.9. The number of hydrogen-bond acceptors (Lipinski definition) is 8. The minimum atomic E-state index is -0.438. The highest BCUT2D eigenvalue weighted by molar-refractivity contribution is 7.99. The van der Waals surface area contributed by atoms with Crippen molar-refractivity contribution >= 4 is 35.1 Å². The van der Waals surface area contributed by atoms with E-state index in [0.29, 0.717) is 34.6 Å². The van der Waals surface area contributed by atoms with Crippen molar-refractivity contribution in [3.05, 3.63) is 28.8 Å². The fourth-order valence-corrected chi connectivity index (χ4v) is 3.85. The van der Waals surface area contributed by atoms with Crippen LogP contribution in [-0.2, 0) is 9.53 Å². The number of aromatic nitrogens is 2. The number of hydrogen-bond donors (Lipinski definition) is 2. The molecule has 138 valence electrons. The molecule has 0 fully saturated rings. The number of esters is 1. The predicted molar refractivity (Wildman–Crippen MR) is 97.7 cm³/mol. The second-order valence-electron chi connectivity index (χ2n) is 5.31. The summed E-state index contributed by atoms with van der Waals surface area (Å²) in [5.74, 6) is 0.319. The molecule has 0 saturated heterocycles. The Kier molecular flexibility index (Phi) is 5.94. The van der Waals surface area contributed by atoms with E-state index in [2.05, 4.69) is 20.8 Å². The van der Waals surface area contributed by atoms with Crippen LogP contribution in [0.5, 0.6) is 0 Å². The van der Waals surface area contributed by atoms with E-state index in [1.165, 1.54) is 23.1 Å². The number of ether oxygens (including phenoxy) is 1. The summed E-state index contributed by atoms with van der Waals surface area (Å²) in [4.78, 5) is 25.1. The molecule has 2 aromatic heterocycles. The average molecular weight is 394 g/mol. The maximum atomic E-state index is 12.3. The molecule has 2 amide bonds. The fourth-order valence-electron chi connectivity index (χ4n) is 2.48. The van der Waals surface area contributed by atoms with Crippen LogP contribution < -0.4 is 10.6 Å². The number of amides is 2. The first-order valence-electron chi connectivity index (χ1n) is 8.10. The summed E-state index contributed by atoms with van der Waals surface area (Å²) in [6.07, 6.45) is 0.582. The lowest BCUT2D eigenvalue weighted by molar-refractivity contribution is -0.139. The topological polar surface area (TPSA) is 106 Å². The van der Waals surface area contributed by atoms with Crippen LogP contribution in [0.3, 0.4) is 0 Å². The Hall–Kier alpha value is -2.33. The van der Waals surface area contributed by atoms with Gasteiger partial charge < -0.3 is 19.8 Å². The average Bonchev–Trinajstić information content (AvgIpc) is 3.30. The molecule has 10 heteroatoms. The molecule has 3 heterocycles. The van der Waals surface area contributed by atoms with E-state index >= 15 is 0 Å². The van der Waals surface area contributed by atoms with Crippen molar-refractivity contribution < 1.29 is 18.7 Å². The van der Waals surface area contributed by atoms with Gasteiger partial charge in [0.25, 0.3) is 11.1 Å². The predicted octanol–water partition coefficient (Wildman–Crippen LogP) is 2.80. The Labute approximate surface area is 158 Å². The third-order valence-electron chi connectivity index (χ3n) is 3.63. The molecule has 26 heavy (non-hydrogen) atoms. The van der Waals surface area contributed by atoms with Gasteiger partial charge in [-0.1, -0.05) is 24.8 Å². The maximum Gasteiger partial charge on any atom is 0.337 e. The molecule has 1 atom stereocenters. The molecule has 1 aliphatic rings. The summed E-state index contributed by atoms with van der Waals surface area (Å²) in [5, 5.41) is 15.8. The smallest absolute Gasteiger partial charge is 0.337 e. The number of nitrogens with zero attached hydrogens (tertiary/aromatic N) is 2. The van der Waals surface area contributed by atoms with Gasteiger partial charge in [-0.15, -0.1) is 21.5 Å². The van der Waals surface area contributed by atoms with Gasteiger partial charge in [0.05, 0.1) is 23.1 Å². The molecule has 3 rings (SSSR count). The Morgan fingerprint density at radius 3 is 2.96 bits per heavy atom. The van der Waals surface area contributed by atoms with E-state index in [1.807, 2.05) is 24.4 Å². The summed E-state index contributed by atoms with van der Waals surface area (Å²) in [7, 11) is 0. The lowest BCUT2D eigenvalue weighted by Gasteiger charge is -2.28. The SMILES string of the molecule is CCOC(=O)C1=C(CSc2nnc(-c3cccs3)o2)NC(=O)N[C@H]1CC. The number of urea groups is 1. The van der Waals surface area contributed by atoms with Gasteiger partial charge in [-0.05, 0) is 24.8 Å². The van der Waals surface area contributed by atoms with Crippen LogP contribution in [0.2, 0.25) is 0 Å². The Bertz CT molecular complexity index is 816. The quantitative estimate of drug-likeness (QED) is 0.549. The molecular weight excluding hydrogens is 376 g/mol. The molecule has 0 aliphatic carbocycles. The fraction of sp³-hybridized carbons (Fsp3) is 0.375. The van der Waals surface area contributed by atoms with Gasteiger partial charge in [0.1, 0.15) is 0 Å². The highest BCUT2D eigenvalue weighted by Crippen LogP contribution is 2.28. The van der Waals surface area contributed by atoms with Crippen molar-refractivity contribution in [2.75, 3.05) is 12.4 Å².